The molecule has 0 aliphatic heterocycles. The van der Waals surface area contributed by atoms with Crippen molar-refractivity contribution in [2.45, 2.75) is 31.7 Å². The zero-order valence-electron chi connectivity index (χ0n) is 7.21. The van der Waals surface area contributed by atoms with Crippen LogP contribution in [0.3, 0.4) is 0 Å². The Balaban J connectivity index is -0.0000000615. The Kier molecular flexibility index (Phi) is 34.3. The molecule has 0 amide bonds. The molecular formula is C6H18Cl2N2O2Pt. The molecular weight excluding hydrogens is 398 g/mol. The third kappa shape index (κ3) is 19.5. The van der Waals surface area contributed by atoms with E-state index in [9.17, 15) is 0 Å². The summed E-state index contributed by atoms with van der Waals surface area (Å²) in [5.41, 5.74) is 5.61. The van der Waals surface area contributed by atoms with Gasteiger partial charge in [0.25, 0.3) is 0 Å². The Morgan fingerprint density at radius 2 is 1.46 bits per heavy atom. The van der Waals surface area contributed by atoms with Gasteiger partial charge in [0.2, 0.25) is 0 Å². The first-order valence-electron chi connectivity index (χ1n) is 3.21. The molecule has 0 radical (unpaired) electrons. The molecule has 8 N–H and O–H groups in total. The topological polar surface area (TPSA) is 123 Å². The summed E-state index contributed by atoms with van der Waals surface area (Å²) in [7, 11) is 9.75. The number of hydrogen-bond donors (Lipinski definition) is 1. The summed E-state index contributed by atoms with van der Waals surface area (Å²) < 4.78 is 0. The molecule has 0 spiro atoms. The van der Waals surface area contributed by atoms with Crippen LogP contribution in [0.4, 0.5) is 0 Å². The number of nitrogens with two attached hydrogens (primary N) is 2. The Labute approximate surface area is 96.1 Å². The summed E-state index contributed by atoms with van der Waals surface area (Å²) in [5.74, 6) is 0. The zero-order chi connectivity index (χ0) is 7.82. The van der Waals surface area contributed by atoms with Gasteiger partial charge in [-0.3, -0.25) is 0 Å². The molecule has 13 heavy (non-hydrogen) atoms. The maximum Gasteiger partial charge on any atom is -0.693 e. The second-order valence-electron chi connectivity index (χ2n) is 2.25. The van der Waals surface area contributed by atoms with Crippen LogP contribution in [-0.4, -0.2) is 17.0 Å². The van der Waals surface area contributed by atoms with Gasteiger partial charge in [-0.25, -0.2) is 0 Å². The summed E-state index contributed by atoms with van der Waals surface area (Å²) in [6.45, 7) is 0. The molecule has 4 nitrogen and oxygen atoms in total. The van der Waals surface area contributed by atoms with Crippen LogP contribution in [0.15, 0.2) is 0 Å². The van der Waals surface area contributed by atoms with E-state index in [0.717, 1.165) is 0 Å². The molecule has 0 atom stereocenters. The van der Waals surface area contributed by atoms with E-state index in [1.165, 1.54) is 25.7 Å². The summed E-state index contributed by atoms with van der Waals surface area (Å²) in [4.78, 5) is 0. The summed E-state index contributed by atoms with van der Waals surface area (Å²) in [6, 6.07) is 0.505. The maximum absolute atomic E-state index is 5.61. The van der Waals surface area contributed by atoms with Crippen molar-refractivity contribution in [3.8, 4) is 0 Å². The van der Waals surface area contributed by atoms with Crippen molar-refractivity contribution in [3.05, 3.63) is 12.6 Å². The van der Waals surface area contributed by atoms with Crippen LogP contribution in [0.2, 0.25) is 0 Å². The third-order valence-corrected chi connectivity index (χ3v) is 1.48. The molecule has 0 aromatic carbocycles. The zero-order valence-corrected chi connectivity index (χ0v) is 11.0. The SMILES string of the molecule is NC1CC[CH-]CC1.O.O.[Cl][Pt+2][Cl].[NH2-]. The largest absolute Gasteiger partial charge is 0.693 e. The Hall–Kier alpha value is 1.11. The summed E-state index contributed by atoms with van der Waals surface area (Å²) in [6.07, 6.45) is 7.21. The van der Waals surface area contributed by atoms with Gasteiger partial charge >= 0.3 is 35.3 Å². The van der Waals surface area contributed by atoms with Crippen molar-refractivity contribution in [2.24, 2.45) is 5.73 Å². The summed E-state index contributed by atoms with van der Waals surface area (Å²) in [5, 5.41) is 0. The van der Waals surface area contributed by atoms with E-state index in [1.807, 2.05) is 0 Å². The molecule has 1 saturated carbocycles. The van der Waals surface area contributed by atoms with Gasteiger partial charge in [-0.2, -0.15) is 12.8 Å². The molecule has 7 heteroatoms. The average Bonchev–Trinajstić information content (AvgIpc) is 1.91. The molecule has 1 rings (SSSR count). The fraction of sp³-hybridized carbons (Fsp3) is 0.833. The molecule has 0 bridgehead atoms. The maximum atomic E-state index is 5.61. The van der Waals surface area contributed by atoms with E-state index in [1.54, 1.807) is 0 Å². The van der Waals surface area contributed by atoms with Crippen molar-refractivity contribution < 1.29 is 27.4 Å². The molecule has 0 aromatic heterocycles. The first kappa shape index (κ1) is 23.7. The van der Waals surface area contributed by atoms with Gasteiger partial charge in [-0.05, 0) is 6.04 Å². The van der Waals surface area contributed by atoms with Crippen molar-refractivity contribution >= 4 is 18.8 Å². The quantitative estimate of drug-likeness (QED) is 0.592. The number of halogens is 2. The van der Waals surface area contributed by atoms with Crippen molar-refractivity contribution in [1.82, 2.24) is 0 Å². The monoisotopic (exact) mass is 415 g/mol. The fourth-order valence-electron chi connectivity index (χ4n) is 0.953. The van der Waals surface area contributed by atoms with Gasteiger partial charge in [0.1, 0.15) is 0 Å². The fourth-order valence-corrected chi connectivity index (χ4v) is 0.953. The van der Waals surface area contributed by atoms with Gasteiger partial charge in [0.15, 0.2) is 0 Å². The van der Waals surface area contributed by atoms with Crippen molar-refractivity contribution in [1.29, 1.82) is 0 Å². The minimum absolute atomic E-state index is 0. The Morgan fingerprint density at radius 1 is 1.15 bits per heavy atom. The minimum Gasteiger partial charge on any atom is -0.693 e. The Morgan fingerprint density at radius 3 is 1.62 bits per heavy atom. The minimum atomic E-state index is -0.472. The van der Waals surface area contributed by atoms with Crippen LogP contribution in [0.5, 0.6) is 0 Å². The van der Waals surface area contributed by atoms with E-state index < -0.39 is 16.5 Å². The second-order valence-corrected chi connectivity index (χ2v) is 5.53. The smallest absolute Gasteiger partial charge is 0.693 e. The van der Waals surface area contributed by atoms with E-state index >= 15 is 0 Å². The van der Waals surface area contributed by atoms with Gasteiger partial charge in [0.05, 0.1) is 0 Å². The van der Waals surface area contributed by atoms with Crippen LogP contribution in [0, 0.1) is 6.42 Å². The van der Waals surface area contributed by atoms with Gasteiger partial charge in [-0.15, -0.1) is 0 Å². The molecule has 0 unspecified atom stereocenters. The number of hydrogen-bond acceptors (Lipinski definition) is 1. The van der Waals surface area contributed by atoms with Crippen LogP contribution in [0.25, 0.3) is 6.15 Å². The molecule has 88 valence electrons. The average molecular weight is 416 g/mol. The molecule has 0 saturated heterocycles. The third-order valence-electron chi connectivity index (χ3n) is 1.48. The molecule has 0 aromatic rings. The van der Waals surface area contributed by atoms with Crippen LogP contribution in [-0.2, 0) is 16.5 Å². The van der Waals surface area contributed by atoms with Gasteiger partial charge in [-0.1, -0.05) is 12.8 Å². The van der Waals surface area contributed by atoms with E-state index in [-0.39, 0.29) is 17.1 Å². The predicted octanol–water partition coefficient (Wildman–Crippen LogP) is 1.54. The standard InChI is InChI=1S/C6H12N.2ClH.H2N.2H2O.Pt/c7-6-4-2-1-3-5-6;;;;;;/h1,6H,2-5,7H2;2*1H;3*1H2;/q-1;;;-1;;;+4/p-2. The van der Waals surface area contributed by atoms with Crippen LogP contribution < -0.4 is 5.73 Å². The predicted molar refractivity (Wildman–Crippen MR) is 55.0 cm³/mol. The summed E-state index contributed by atoms with van der Waals surface area (Å²) >= 11 is -0.472. The van der Waals surface area contributed by atoms with Crippen LogP contribution >= 0.6 is 18.8 Å². The first-order chi connectivity index (χ1) is 4.81. The first-order valence-corrected chi connectivity index (χ1v) is 8.84. The van der Waals surface area contributed by atoms with Crippen LogP contribution in [0.1, 0.15) is 25.7 Å². The normalized spacial score (nSPS) is 15.3. The van der Waals surface area contributed by atoms with Crippen molar-refractivity contribution in [2.75, 3.05) is 0 Å². The Bertz CT molecular complexity index is 77.7. The van der Waals surface area contributed by atoms with E-state index in [2.05, 4.69) is 6.42 Å². The molecule has 1 aliphatic carbocycles. The van der Waals surface area contributed by atoms with Gasteiger partial charge in [0, 0.05) is 0 Å². The second kappa shape index (κ2) is 18.8. The number of rotatable bonds is 0. The van der Waals surface area contributed by atoms with Gasteiger partial charge < -0.3 is 29.3 Å². The van der Waals surface area contributed by atoms with E-state index in [0.29, 0.717) is 6.04 Å². The molecule has 0 heterocycles. The molecule has 1 aliphatic rings. The molecule has 1 fully saturated rings. The van der Waals surface area contributed by atoms with E-state index in [4.69, 9.17) is 24.6 Å². The van der Waals surface area contributed by atoms with Crippen molar-refractivity contribution in [3.63, 3.8) is 0 Å².